The molecular formula is C12H16BrN5OS. The fraction of sp³-hybridized carbons (Fsp3) is 0.417. The molecule has 0 aliphatic carbocycles. The van der Waals surface area contributed by atoms with E-state index in [1.807, 2.05) is 31.3 Å². The third kappa shape index (κ3) is 4.77. The van der Waals surface area contributed by atoms with Crippen molar-refractivity contribution < 1.29 is 4.74 Å². The van der Waals surface area contributed by atoms with Crippen LogP contribution in [0.2, 0.25) is 0 Å². The van der Waals surface area contributed by atoms with Gasteiger partial charge < -0.3 is 10.1 Å². The van der Waals surface area contributed by atoms with E-state index in [2.05, 4.69) is 36.8 Å². The maximum atomic E-state index is 5.67. The van der Waals surface area contributed by atoms with Crippen LogP contribution in [0.5, 0.6) is 5.75 Å². The fourth-order valence-electron chi connectivity index (χ4n) is 1.51. The molecule has 2 aromatic rings. The molecule has 1 heterocycles. The summed E-state index contributed by atoms with van der Waals surface area (Å²) >= 11 is 5.01. The van der Waals surface area contributed by atoms with Crippen LogP contribution < -0.4 is 10.1 Å². The van der Waals surface area contributed by atoms with Gasteiger partial charge in [-0.3, -0.25) is 0 Å². The second kappa shape index (κ2) is 8.23. The molecule has 0 radical (unpaired) electrons. The molecule has 0 bridgehead atoms. The average molecular weight is 358 g/mol. The second-order valence-electron chi connectivity index (χ2n) is 3.94. The summed E-state index contributed by atoms with van der Waals surface area (Å²) in [6.07, 6.45) is 0. The number of hydrogen-bond donors (Lipinski definition) is 1. The molecule has 6 nitrogen and oxygen atoms in total. The van der Waals surface area contributed by atoms with Crippen LogP contribution in [0, 0.1) is 0 Å². The van der Waals surface area contributed by atoms with Gasteiger partial charge in [0, 0.05) is 16.8 Å². The van der Waals surface area contributed by atoms with Crippen LogP contribution in [0.4, 0.5) is 0 Å². The molecule has 0 aliphatic heterocycles. The van der Waals surface area contributed by atoms with E-state index in [1.165, 1.54) is 0 Å². The number of hydrogen-bond acceptors (Lipinski definition) is 6. The molecule has 108 valence electrons. The first-order valence-corrected chi connectivity index (χ1v) is 7.99. The number of rotatable bonds is 8. The molecule has 0 atom stereocenters. The largest absolute Gasteiger partial charge is 0.493 e. The van der Waals surface area contributed by atoms with Crippen molar-refractivity contribution in [2.75, 3.05) is 26.0 Å². The standard InChI is InChI=1S/C12H16BrN5OS/c1-14-5-6-18-12(15-16-17-18)20-8-7-19-11-4-2-3-10(13)9-11/h2-4,9,14H,5-8H2,1H3. The maximum Gasteiger partial charge on any atom is 0.209 e. The Bertz CT molecular complexity index is 536. The predicted molar refractivity (Wildman–Crippen MR) is 82.1 cm³/mol. The van der Waals surface area contributed by atoms with E-state index in [0.29, 0.717) is 6.61 Å². The molecule has 0 unspecified atom stereocenters. The van der Waals surface area contributed by atoms with Gasteiger partial charge in [-0.25, -0.2) is 4.68 Å². The highest BCUT2D eigenvalue weighted by atomic mass is 79.9. The highest BCUT2D eigenvalue weighted by Gasteiger charge is 2.06. The van der Waals surface area contributed by atoms with Gasteiger partial charge in [-0.1, -0.05) is 33.8 Å². The van der Waals surface area contributed by atoms with Crippen LogP contribution in [0.3, 0.4) is 0 Å². The van der Waals surface area contributed by atoms with Crippen LogP contribution >= 0.6 is 27.7 Å². The number of nitrogens with one attached hydrogen (secondary N) is 1. The van der Waals surface area contributed by atoms with Gasteiger partial charge in [0.15, 0.2) is 0 Å². The van der Waals surface area contributed by atoms with Gasteiger partial charge in [0.2, 0.25) is 5.16 Å². The minimum atomic E-state index is 0.611. The Morgan fingerprint density at radius 1 is 1.45 bits per heavy atom. The van der Waals surface area contributed by atoms with E-state index in [0.717, 1.165) is 34.2 Å². The van der Waals surface area contributed by atoms with Crippen LogP contribution in [-0.2, 0) is 6.54 Å². The number of nitrogens with zero attached hydrogens (tertiary/aromatic N) is 4. The Kier molecular flexibility index (Phi) is 6.28. The number of benzene rings is 1. The average Bonchev–Trinajstić information content (AvgIpc) is 2.89. The van der Waals surface area contributed by atoms with Gasteiger partial charge >= 0.3 is 0 Å². The zero-order chi connectivity index (χ0) is 14.2. The molecule has 2 rings (SSSR count). The van der Waals surface area contributed by atoms with Crippen molar-refractivity contribution in [1.82, 2.24) is 25.5 Å². The minimum absolute atomic E-state index is 0.611. The number of aromatic nitrogens is 4. The highest BCUT2D eigenvalue weighted by Crippen LogP contribution is 2.19. The lowest BCUT2D eigenvalue weighted by molar-refractivity contribution is 0.343. The summed E-state index contributed by atoms with van der Waals surface area (Å²) < 4.78 is 8.47. The Hall–Kier alpha value is -1.12. The molecule has 0 fully saturated rings. The third-order valence-electron chi connectivity index (χ3n) is 2.45. The first kappa shape index (κ1) is 15.3. The van der Waals surface area contributed by atoms with Crippen LogP contribution in [0.25, 0.3) is 0 Å². The monoisotopic (exact) mass is 357 g/mol. The smallest absolute Gasteiger partial charge is 0.209 e. The lowest BCUT2D eigenvalue weighted by Crippen LogP contribution is -2.16. The van der Waals surface area contributed by atoms with E-state index in [4.69, 9.17) is 4.74 Å². The summed E-state index contributed by atoms with van der Waals surface area (Å²) in [4.78, 5) is 0. The third-order valence-corrected chi connectivity index (χ3v) is 3.87. The van der Waals surface area contributed by atoms with E-state index in [-0.39, 0.29) is 0 Å². The second-order valence-corrected chi connectivity index (χ2v) is 5.92. The molecular weight excluding hydrogens is 342 g/mol. The minimum Gasteiger partial charge on any atom is -0.493 e. The summed E-state index contributed by atoms with van der Waals surface area (Å²) in [5.41, 5.74) is 0. The van der Waals surface area contributed by atoms with Gasteiger partial charge in [0.1, 0.15) is 5.75 Å². The number of ether oxygens (including phenoxy) is 1. The van der Waals surface area contributed by atoms with Crippen LogP contribution in [-0.4, -0.2) is 46.2 Å². The topological polar surface area (TPSA) is 64.9 Å². The summed E-state index contributed by atoms with van der Waals surface area (Å²) in [5.74, 6) is 1.65. The predicted octanol–water partition coefficient (Wildman–Crippen LogP) is 1.83. The lowest BCUT2D eigenvalue weighted by Gasteiger charge is -2.06. The zero-order valence-electron chi connectivity index (χ0n) is 11.1. The van der Waals surface area contributed by atoms with Gasteiger partial charge in [-0.2, -0.15) is 0 Å². The number of tetrazole rings is 1. The Morgan fingerprint density at radius 2 is 2.35 bits per heavy atom. The fourth-order valence-corrected chi connectivity index (χ4v) is 2.61. The van der Waals surface area contributed by atoms with Crippen molar-refractivity contribution in [3.63, 3.8) is 0 Å². The van der Waals surface area contributed by atoms with E-state index in [1.54, 1.807) is 16.4 Å². The van der Waals surface area contributed by atoms with Crippen molar-refractivity contribution in [1.29, 1.82) is 0 Å². The molecule has 1 aromatic carbocycles. The van der Waals surface area contributed by atoms with E-state index < -0.39 is 0 Å². The Labute approximate surface area is 130 Å². The molecule has 1 N–H and O–H groups in total. The normalized spacial score (nSPS) is 10.7. The summed E-state index contributed by atoms with van der Waals surface area (Å²) in [5, 5.41) is 15.5. The molecule has 0 aliphatic rings. The van der Waals surface area contributed by atoms with Gasteiger partial charge in [-0.05, 0) is 35.7 Å². The first-order chi connectivity index (χ1) is 9.79. The summed E-state index contributed by atoms with van der Waals surface area (Å²) in [6.45, 7) is 2.21. The number of likely N-dealkylation sites (N-methyl/N-ethyl adjacent to an activating group) is 1. The van der Waals surface area contributed by atoms with Crippen molar-refractivity contribution in [2.45, 2.75) is 11.7 Å². The van der Waals surface area contributed by atoms with Gasteiger partial charge in [0.25, 0.3) is 0 Å². The van der Waals surface area contributed by atoms with Crippen molar-refractivity contribution >= 4 is 27.7 Å². The van der Waals surface area contributed by atoms with Crippen molar-refractivity contribution in [2.24, 2.45) is 0 Å². The molecule has 0 saturated carbocycles. The van der Waals surface area contributed by atoms with Crippen molar-refractivity contribution in [3.05, 3.63) is 28.7 Å². The number of halogens is 1. The Balaban J connectivity index is 1.74. The van der Waals surface area contributed by atoms with Crippen LogP contribution in [0.1, 0.15) is 0 Å². The maximum absolute atomic E-state index is 5.67. The lowest BCUT2D eigenvalue weighted by atomic mass is 10.3. The molecule has 0 saturated heterocycles. The summed E-state index contributed by atoms with van der Waals surface area (Å²) in [6, 6.07) is 7.80. The number of thioether (sulfide) groups is 1. The molecule has 1 aromatic heterocycles. The van der Waals surface area contributed by atoms with E-state index in [9.17, 15) is 0 Å². The molecule has 0 spiro atoms. The quantitative estimate of drug-likeness (QED) is 0.574. The van der Waals surface area contributed by atoms with Crippen molar-refractivity contribution in [3.8, 4) is 5.75 Å². The molecule has 8 heteroatoms. The highest BCUT2D eigenvalue weighted by molar-refractivity contribution is 9.10. The first-order valence-electron chi connectivity index (χ1n) is 6.21. The Morgan fingerprint density at radius 3 is 3.15 bits per heavy atom. The zero-order valence-corrected chi connectivity index (χ0v) is 13.5. The van der Waals surface area contributed by atoms with Gasteiger partial charge in [0.05, 0.1) is 13.2 Å². The van der Waals surface area contributed by atoms with E-state index >= 15 is 0 Å². The molecule has 20 heavy (non-hydrogen) atoms. The van der Waals surface area contributed by atoms with Gasteiger partial charge in [-0.15, -0.1) is 5.10 Å². The van der Waals surface area contributed by atoms with Crippen LogP contribution in [0.15, 0.2) is 33.9 Å². The molecule has 0 amide bonds. The SMILES string of the molecule is CNCCn1nnnc1SCCOc1cccc(Br)c1. The summed E-state index contributed by atoms with van der Waals surface area (Å²) in [7, 11) is 1.91.